The first-order chi connectivity index (χ1) is 10.8. The molecule has 0 radical (unpaired) electrons. The molecule has 114 valence electrons. The molecule has 5 heteroatoms. The number of aromatic nitrogens is 1. The summed E-state index contributed by atoms with van der Waals surface area (Å²) >= 11 is 1.52. The second kappa shape index (κ2) is 5.82. The molecule has 1 N–H and O–H groups in total. The minimum atomic E-state index is 0.0732. The number of nitrogens with one attached hydrogen (secondary N) is 1. The van der Waals surface area contributed by atoms with Crippen LogP contribution in [-0.4, -0.2) is 41.5 Å². The Balaban J connectivity index is 1.46. The monoisotopic (exact) mass is 313 g/mol. The highest BCUT2D eigenvalue weighted by Crippen LogP contribution is 2.29. The first-order valence-electron chi connectivity index (χ1n) is 7.82. The van der Waals surface area contributed by atoms with Gasteiger partial charge in [-0.3, -0.25) is 9.78 Å². The first kappa shape index (κ1) is 13.9. The summed E-state index contributed by atoms with van der Waals surface area (Å²) in [5.41, 5.74) is 2.19. The van der Waals surface area contributed by atoms with Gasteiger partial charge in [-0.15, -0.1) is 11.3 Å². The molecule has 4 nitrogen and oxygen atoms in total. The van der Waals surface area contributed by atoms with Crippen molar-refractivity contribution >= 4 is 17.2 Å². The van der Waals surface area contributed by atoms with Crippen LogP contribution >= 0.6 is 11.3 Å². The maximum Gasteiger partial charge on any atom is 0.261 e. The number of thiophene rings is 1. The molecule has 5 heterocycles. The lowest BCUT2D eigenvalue weighted by molar-refractivity contribution is 0.0622. The zero-order chi connectivity index (χ0) is 14.9. The number of amides is 1. The van der Waals surface area contributed by atoms with Crippen LogP contribution in [0.4, 0.5) is 0 Å². The standard InChI is InChI=1S/C17H19N3OS/c21-17(19-15-10-20-7-3-13(15)4-8-20)16-9-14(11-22-16)12-1-5-18-6-2-12/h1-2,5-6,9,11,13,15H,3-4,7-8,10H2,(H,19,21). The number of piperidine rings is 3. The lowest BCUT2D eigenvalue weighted by Crippen LogP contribution is -2.57. The minimum Gasteiger partial charge on any atom is -0.347 e. The Hall–Kier alpha value is -1.72. The van der Waals surface area contributed by atoms with Crippen molar-refractivity contribution in [2.24, 2.45) is 5.92 Å². The number of hydrogen-bond donors (Lipinski definition) is 1. The fraction of sp³-hybridized carbons (Fsp3) is 0.412. The van der Waals surface area contributed by atoms with Crippen molar-refractivity contribution < 1.29 is 4.79 Å². The van der Waals surface area contributed by atoms with E-state index >= 15 is 0 Å². The van der Waals surface area contributed by atoms with Gasteiger partial charge in [0.05, 0.1) is 4.88 Å². The maximum absolute atomic E-state index is 12.5. The van der Waals surface area contributed by atoms with E-state index in [0.717, 1.165) is 22.5 Å². The van der Waals surface area contributed by atoms with Crippen molar-refractivity contribution in [2.45, 2.75) is 18.9 Å². The van der Waals surface area contributed by atoms with E-state index in [0.29, 0.717) is 12.0 Å². The smallest absolute Gasteiger partial charge is 0.261 e. The van der Waals surface area contributed by atoms with Crippen LogP contribution in [0.25, 0.3) is 11.1 Å². The average molecular weight is 313 g/mol. The molecule has 3 aliphatic rings. The van der Waals surface area contributed by atoms with E-state index in [4.69, 9.17) is 0 Å². The van der Waals surface area contributed by atoms with Gasteiger partial charge in [-0.05, 0) is 66.6 Å². The molecule has 0 aromatic carbocycles. The highest BCUT2D eigenvalue weighted by molar-refractivity contribution is 7.12. The summed E-state index contributed by atoms with van der Waals surface area (Å²) in [6, 6.07) is 6.24. The molecule has 0 saturated carbocycles. The molecule has 1 amide bonds. The van der Waals surface area contributed by atoms with Gasteiger partial charge in [0.25, 0.3) is 5.91 Å². The number of hydrogen-bond acceptors (Lipinski definition) is 4. The fourth-order valence-corrected chi connectivity index (χ4v) is 4.34. The Morgan fingerprint density at radius 3 is 2.68 bits per heavy atom. The molecule has 2 aromatic rings. The molecular weight excluding hydrogens is 294 g/mol. The van der Waals surface area contributed by atoms with Gasteiger partial charge in [-0.2, -0.15) is 0 Å². The van der Waals surface area contributed by atoms with Gasteiger partial charge in [0.15, 0.2) is 0 Å². The van der Waals surface area contributed by atoms with Crippen LogP contribution in [0.15, 0.2) is 36.0 Å². The molecule has 2 aromatic heterocycles. The highest BCUT2D eigenvalue weighted by atomic mass is 32.1. The van der Waals surface area contributed by atoms with Gasteiger partial charge < -0.3 is 10.2 Å². The first-order valence-corrected chi connectivity index (χ1v) is 8.70. The molecule has 3 saturated heterocycles. The third-order valence-corrected chi connectivity index (χ3v) is 5.74. The normalized spacial score (nSPS) is 26.8. The summed E-state index contributed by atoms with van der Waals surface area (Å²) in [7, 11) is 0. The molecule has 5 rings (SSSR count). The largest absolute Gasteiger partial charge is 0.347 e. The summed E-state index contributed by atoms with van der Waals surface area (Å²) in [5.74, 6) is 0.734. The molecule has 2 bridgehead atoms. The van der Waals surface area contributed by atoms with Crippen molar-refractivity contribution in [1.29, 1.82) is 0 Å². The van der Waals surface area contributed by atoms with Crippen LogP contribution in [0.5, 0.6) is 0 Å². The third kappa shape index (κ3) is 2.66. The number of pyridine rings is 1. The molecule has 3 fully saturated rings. The average Bonchev–Trinajstić information content (AvgIpc) is 3.07. The van der Waals surface area contributed by atoms with Crippen molar-refractivity contribution in [1.82, 2.24) is 15.2 Å². The second-order valence-electron chi connectivity index (χ2n) is 6.15. The van der Waals surface area contributed by atoms with Gasteiger partial charge in [0.2, 0.25) is 0 Å². The Kier molecular flexibility index (Phi) is 3.68. The summed E-state index contributed by atoms with van der Waals surface area (Å²) in [5, 5.41) is 5.29. The predicted molar refractivity (Wildman–Crippen MR) is 88.0 cm³/mol. The van der Waals surface area contributed by atoms with E-state index < -0.39 is 0 Å². The van der Waals surface area contributed by atoms with Crippen LogP contribution in [0.1, 0.15) is 22.5 Å². The number of nitrogens with zero attached hydrogens (tertiary/aromatic N) is 2. The fourth-order valence-electron chi connectivity index (χ4n) is 3.52. The molecule has 22 heavy (non-hydrogen) atoms. The van der Waals surface area contributed by atoms with Crippen LogP contribution in [0.3, 0.4) is 0 Å². The molecule has 3 aliphatic heterocycles. The Morgan fingerprint density at radius 1 is 1.23 bits per heavy atom. The predicted octanol–water partition coefficient (Wildman–Crippen LogP) is 2.63. The van der Waals surface area contributed by atoms with E-state index in [2.05, 4.69) is 15.2 Å². The van der Waals surface area contributed by atoms with Crippen LogP contribution in [-0.2, 0) is 0 Å². The second-order valence-corrected chi connectivity index (χ2v) is 7.06. The van der Waals surface area contributed by atoms with E-state index in [1.165, 1.54) is 37.3 Å². The Morgan fingerprint density at radius 2 is 2.00 bits per heavy atom. The maximum atomic E-state index is 12.5. The lowest BCUT2D eigenvalue weighted by Gasteiger charge is -2.44. The van der Waals surface area contributed by atoms with Crippen molar-refractivity contribution in [3.8, 4) is 11.1 Å². The van der Waals surface area contributed by atoms with Gasteiger partial charge in [0, 0.05) is 25.0 Å². The van der Waals surface area contributed by atoms with E-state index in [-0.39, 0.29) is 5.91 Å². The zero-order valence-electron chi connectivity index (χ0n) is 12.4. The highest BCUT2D eigenvalue weighted by Gasteiger charge is 2.35. The van der Waals surface area contributed by atoms with Crippen molar-refractivity contribution in [3.05, 3.63) is 40.8 Å². The molecule has 0 aliphatic carbocycles. The lowest BCUT2D eigenvalue weighted by atomic mass is 9.84. The van der Waals surface area contributed by atoms with Gasteiger partial charge >= 0.3 is 0 Å². The van der Waals surface area contributed by atoms with Crippen LogP contribution < -0.4 is 5.32 Å². The number of carbonyl (C=O) groups excluding carboxylic acids is 1. The summed E-state index contributed by atoms with van der Waals surface area (Å²) in [6.45, 7) is 3.41. The zero-order valence-corrected chi connectivity index (χ0v) is 13.2. The van der Waals surface area contributed by atoms with E-state index in [1.807, 2.05) is 23.6 Å². The number of rotatable bonds is 3. The molecule has 1 atom stereocenters. The number of fused-ring (bicyclic) bond motifs is 3. The molecule has 0 spiro atoms. The topological polar surface area (TPSA) is 45.2 Å². The molecular formula is C17H19N3OS. The summed E-state index contributed by atoms with van der Waals surface area (Å²) in [6.07, 6.45) is 6.00. The minimum absolute atomic E-state index is 0.0732. The van der Waals surface area contributed by atoms with Crippen molar-refractivity contribution in [2.75, 3.05) is 19.6 Å². The summed E-state index contributed by atoms with van der Waals surface area (Å²) < 4.78 is 0. The van der Waals surface area contributed by atoms with Crippen LogP contribution in [0.2, 0.25) is 0 Å². The van der Waals surface area contributed by atoms with Crippen LogP contribution in [0, 0.1) is 5.92 Å². The Bertz CT molecular complexity index is 662. The van der Waals surface area contributed by atoms with Crippen molar-refractivity contribution in [3.63, 3.8) is 0 Å². The molecule has 1 unspecified atom stereocenters. The van der Waals surface area contributed by atoms with Gasteiger partial charge in [-0.1, -0.05) is 0 Å². The van der Waals surface area contributed by atoms with E-state index in [1.54, 1.807) is 12.4 Å². The summed E-state index contributed by atoms with van der Waals surface area (Å²) in [4.78, 5) is 19.8. The SMILES string of the molecule is O=C(NC1CN2CCC1CC2)c1cc(-c2ccncc2)cs1. The van der Waals surface area contributed by atoms with Gasteiger partial charge in [0.1, 0.15) is 0 Å². The quantitative estimate of drug-likeness (QED) is 0.947. The Labute approximate surface area is 134 Å². The van der Waals surface area contributed by atoms with Gasteiger partial charge in [-0.25, -0.2) is 0 Å². The third-order valence-electron chi connectivity index (χ3n) is 4.81. The number of carbonyl (C=O) groups is 1. The van der Waals surface area contributed by atoms with E-state index in [9.17, 15) is 4.79 Å².